The van der Waals surface area contributed by atoms with Gasteiger partial charge in [0.2, 0.25) is 11.8 Å². The highest BCUT2D eigenvalue weighted by Crippen LogP contribution is 2.20. The molecule has 0 aliphatic carbocycles. The van der Waals surface area contributed by atoms with Gasteiger partial charge in [-0.2, -0.15) is 0 Å². The maximum absolute atomic E-state index is 12.4. The molecule has 1 saturated heterocycles. The number of carbonyl (C=O) groups is 3. The average molecular weight is 411 g/mol. The Balaban J connectivity index is 2.02. The Kier molecular flexibility index (Phi) is 14.2. The fourth-order valence-electron chi connectivity index (χ4n) is 4.06. The normalized spacial score (nSPS) is 16.2. The van der Waals surface area contributed by atoms with Crippen molar-refractivity contribution in [3.8, 4) is 0 Å². The van der Waals surface area contributed by atoms with E-state index in [0.29, 0.717) is 19.4 Å². The third-order valence-corrected chi connectivity index (χ3v) is 5.78. The van der Waals surface area contributed by atoms with Crippen molar-refractivity contribution in [2.24, 2.45) is 0 Å². The second-order valence-electron chi connectivity index (χ2n) is 8.35. The highest BCUT2D eigenvalue weighted by atomic mass is 16.4. The summed E-state index contributed by atoms with van der Waals surface area (Å²) in [6, 6.07) is -0.496. The number of amides is 2. The SMILES string of the molecule is CCCCCCCCCCCCCCCC(=O)N1CCC[C@H]1C(=O)NCC(=O)O. The van der Waals surface area contributed by atoms with E-state index < -0.39 is 18.6 Å². The zero-order valence-corrected chi connectivity index (χ0v) is 18.4. The van der Waals surface area contributed by atoms with Crippen molar-refractivity contribution in [3.05, 3.63) is 0 Å². The monoisotopic (exact) mass is 410 g/mol. The molecular weight excluding hydrogens is 368 g/mol. The lowest BCUT2D eigenvalue weighted by Gasteiger charge is -2.23. The quantitative estimate of drug-likeness (QED) is 0.341. The van der Waals surface area contributed by atoms with Crippen molar-refractivity contribution in [2.75, 3.05) is 13.1 Å². The van der Waals surface area contributed by atoms with Crippen molar-refractivity contribution in [2.45, 2.75) is 116 Å². The van der Waals surface area contributed by atoms with E-state index in [0.717, 1.165) is 19.3 Å². The minimum absolute atomic E-state index is 0.0287. The van der Waals surface area contributed by atoms with Gasteiger partial charge in [-0.25, -0.2) is 0 Å². The zero-order chi connectivity index (χ0) is 21.3. The van der Waals surface area contributed by atoms with E-state index in [9.17, 15) is 14.4 Å². The van der Waals surface area contributed by atoms with E-state index >= 15 is 0 Å². The highest BCUT2D eigenvalue weighted by Gasteiger charge is 2.33. The van der Waals surface area contributed by atoms with E-state index in [4.69, 9.17) is 5.11 Å². The largest absolute Gasteiger partial charge is 0.480 e. The summed E-state index contributed by atoms with van der Waals surface area (Å²) in [7, 11) is 0. The molecule has 0 aromatic rings. The van der Waals surface area contributed by atoms with Crippen LogP contribution in [0.25, 0.3) is 0 Å². The number of hydrogen-bond donors (Lipinski definition) is 2. The Labute approximate surface area is 176 Å². The second kappa shape index (κ2) is 16.2. The highest BCUT2D eigenvalue weighted by molar-refractivity contribution is 5.89. The number of rotatable bonds is 17. The van der Waals surface area contributed by atoms with Crippen LogP contribution in [0, 0.1) is 0 Å². The molecule has 29 heavy (non-hydrogen) atoms. The van der Waals surface area contributed by atoms with Crippen molar-refractivity contribution in [1.82, 2.24) is 10.2 Å². The molecule has 168 valence electrons. The minimum atomic E-state index is -1.07. The summed E-state index contributed by atoms with van der Waals surface area (Å²) < 4.78 is 0. The summed E-state index contributed by atoms with van der Waals surface area (Å²) in [4.78, 5) is 36.7. The van der Waals surface area contributed by atoms with Gasteiger partial charge in [0.1, 0.15) is 12.6 Å². The number of carbonyl (C=O) groups excluding carboxylic acids is 2. The number of aliphatic carboxylic acids is 1. The minimum Gasteiger partial charge on any atom is -0.480 e. The van der Waals surface area contributed by atoms with Gasteiger partial charge in [0, 0.05) is 13.0 Å². The maximum Gasteiger partial charge on any atom is 0.322 e. The fraction of sp³-hybridized carbons (Fsp3) is 0.870. The van der Waals surface area contributed by atoms with Crippen molar-refractivity contribution in [3.63, 3.8) is 0 Å². The van der Waals surface area contributed by atoms with Crippen LogP contribution in [-0.2, 0) is 14.4 Å². The molecule has 1 aliphatic heterocycles. The molecule has 6 nitrogen and oxygen atoms in total. The summed E-state index contributed by atoms with van der Waals surface area (Å²) in [6.07, 6.45) is 18.4. The third-order valence-electron chi connectivity index (χ3n) is 5.78. The van der Waals surface area contributed by atoms with Crippen molar-refractivity contribution < 1.29 is 19.5 Å². The molecule has 0 radical (unpaired) electrons. The predicted molar refractivity (Wildman–Crippen MR) is 116 cm³/mol. The summed E-state index contributed by atoms with van der Waals surface area (Å²) in [5, 5.41) is 11.1. The molecule has 0 aromatic carbocycles. The molecule has 0 unspecified atom stereocenters. The van der Waals surface area contributed by atoms with Crippen LogP contribution < -0.4 is 5.32 Å². The van der Waals surface area contributed by atoms with Crippen LogP contribution >= 0.6 is 0 Å². The Morgan fingerprint density at radius 1 is 0.862 bits per heavy atom. The first-order valence-corrected chi connectivity index (χ1v) is 11.8. The van der Waals surface area contributed by atoms with Gasteiger partial charge < -0.3 is 15.3 Å². The lowest BCUT2D eigenvalue weighted by atomic mass is 10.0. The van der Waals surface area contributed by atoms with Crippen molar-refractivity contribution in [1.29, 1.82) is 0 Å². The number of carboxylic acids is 1. The van der Waals surface area contributed by atoms with Crippen LogP contribution in [0.15, 0.2) is 0 Å². The number of nitrogens with one attached hydrogen (secondary N) is 1. The Morgan fingerprint density at radius 3 is 1.90 bits per heavy atom. The van der Waals surface area contributed by atoms with E-state index in [-0.39, 0.29) is 11.8 Å². The number of nitrogens with zero attached hydrogens (tertiary/aromatic N) is 1. The van der Waals surface area contributed by atoms with Crippen molar-refractivity contribution >= 4 is 17.8 Å². The number of likely N-dealkylation sites (tertiary alicyclic amines) is 1. The first kappa shape index (κ1) is 25.4. The van der Waals surface area contributed by atoms with Gasteiger partial charge in [-0.3, -0.25) is 14.4 Å². The molecule has 2 N–H and O–H groups in total. The van der Waals surface area contributed by atoms with Crippen LogP contribution in [0.2, 0.25) is 0 Å². The Morgan fingerprint density at radius 2 is 1.38 bits per heavy atom. The number of hydrogen-bond acceptors (Lipinski definition) is 3. The molecule has 1 atom stereocenters. The standard InChI is InChI=1S/C23H42N2O4/c1-2-3-4-5-6-7-8-9-10-11-12-13-14-17-21(26)25-18-15-16-20(25)23(29)24-19-22(27)28/h20H,2-19H2,1H3,(H,24,29)(H,27,28)/t20-/m0/s1. The molecule has 0 bridgehead atoms. The number of unbranched alkanes of at least 4 members (excludes halogenated alkanes) is 12. The number of carboxylic acid groups (broad SMARTS) is 1. The zero-order valence-electron chi connectivity index (χ0n) is 18.4. The molecule has 2 amide bonds. The smallest absolute Gasteiger partial charge is 0.322 e. The van der Waals surface area contributed by atoms with Gasteiger partial charge in [-0.15, -0.1) is 0 Å². The summed E-state index contributed by atoms with van der Waals surface area (Å²) in [5.41, 5.74) is 0. The lowest BCUT2D eigenvalue weighted by molar-refractivity contribution is -0.141. The van der Waals surface area contributed by atoms with Crippen LogP contribution in [0.3, 0.4) is 0 Å². The summed E-state index contributed by atoms with van der Waals surface area (Å²) >= 11 is 0. The topological polar surface area (TPSA) is 86.7 Å². The molecule has 6 heteroatoms. The van der Waals surface area contributed by atoms with Gasteiger partial charge >= 0.3 is 5.97 Å². The van der Waals surface area contributed by atoms with E-state index in [1.54, 1.807) is 4.90 Å². The molecule has 1 rings (SSSR count). The maximum atomic E-state index is 12.4. The second-order valence-corrected chi connectivity index (χ2v) is 8.35. The van der Waals surface area contributed by atoms with Gasteiger partial charge in [-0.1, -0.05) is 84.0 Å². The molecule has 1 aliphatic rings. The predicted octanol–water partition coefficient (Wildman–Crippen LogP) is 4.66. The lowest BCUT2D eigenvalue weighted by Crippen LogP contribution is -2.47. The van der Waals surface area contributed by atoms with Gasteiger partial charge in [0.05, 0.1) is 0 Å². The van der Waals surface area contributed by atoms with Gasteiger partial charge in [0.15, 0.2) is 0 Å². The third kappa shape index (κ3) is 11.9. The van der Waals surface area contributed by atoms with Gasteiger partial charge in [-0.05, 0) is 19.3 Å². The molecule has 0 saturated carbocycles. The molecule has 0 spiro atoms. The molecule has 0 aromatic heterocycles. The van der Waals surface area contributed by atoms with Crippen LogP contribution in [0.1, 0.15) is 110 Å². The summed E-state index contributed by atoms with van der Waals surface area (Å²) in [6.45, 7) is 2.46. The van der Waals surface area contributed by atoms with Crippen LogP contribution in [-0.4, -0.2) is 46.9 Å². The van der Waals surface area contributed by atoms with E-state index in [2.05, 4.69) is 12.2 Å². The first-order chi connectivity index (χ1) is 14.1. The Bertz CT molecular complexity index is 481. The molecular formula is C23H42N2O4. The first-order valence-electron chi connectivity index (χ1n) is 11.8. The van der Waals surface area contributed by atoms with E-state index in [1.165, 1.54) is 70.6 Å². The van der Waals surface area contributed by atoms with Gasteiger partial charge in [0.25, 0.3) is 0 Å². The fourth-order valence-corrected chi connectivity index (χ4v) is 4.06. The van der Waals surface area contributed by atoms with Crippen LogP contribution in [0.4, 0.5) is 0 Å². The summed E-state index contributed by atoms with van der Waals surface area (Å²) in [5.74, 6) is -1.38. The average Bonchev–Trinajstić information content (AvgIpc) is 3.19. The van der Waals surface area contributed by atoms with E-state index in [1.807, 2.05) is 0 Å². The molecule has 1 heterocycles. The Hall–Kier alpha value is -1.59. The van der Waals surface area contributed by atoms with Crippen LogP contribution in [0.5, 0.6) is 0 Å². The molecule has 1 fully saturated rings.